The zero-order chi connectivity index (χ0) is 21.2. The van der Waals surface area contributed by atoms with Gasteiger partial charge in [-0.2, -0.15) is 13.2 Å². The molecule has 0 aromatic heterocycles. The molecule has 1 unspecified atom stereocenters. The number of nitrogens with one attached hydrogen (secondary N) is 1. The molecule has 5 atom stereocenters. The summed E-state index contributed by atoms with van der Waals surface area (Å²) in [5, 5.41) is 3.15. The highest BCUT2D eigenvalue weighted by atomic mass is 35.5. The zero-order valence-electron chi connectivity index (χ0n) is 16.5. The minimum Gasteiger partial charge on any atom is -0.476 e. The Morgan fingerprint density at radius 2 is 1.83 bits per heavy atom. The van der Waals surface area contributed by atoms with E-state index in [1.165, 1.54) is 0 Å². The smallest absolute Gasteiger partial charge is 0.416 e. The first-order chi connectivity index (χ1) is 13.4. The molecular formula is C21H26ClF3N2O2. The molecule has 1 aromatic rings. The molecule has 3 N–H and O–H groups in total. The van der Waals surface area contributed by atoms with Crippen LogP contribution in [-0.2, 0) is 11.0 Å². The summed E-state index contributed by atoms with van der Waals surface area (Å²) in [5.41, 5.74) is 4.18. The molecule has 4 saturated carbocycles. The fourth-order valence-electron chi connectivity index (χ4n) is 5.73. The second-order valence-electron chi connectivity index (χ2n) is 9.59. The lowest BCUT2D eigenvalue weighted by atomic mass is 9.51. The summed E-state index contributed by atoms with van der Waals surface area (Å²) in [7, 11) is 0. The van der Waals surface area contributed by atoms with E-state index in [1.54, 1.807) is 13.8 Å². The predicted octanol–water partition coefficient (Wildman–Crippen LogP) is 4.54. The fourth-order valence-corrected chi connectivity index (χ4v) is 5.88. The van der Waals surface area contributed by atoms with Crippen LogP contribution in [0.15, 0.2) is 18.2 Å². The number of nitrogens with two attached hydrogens (primary N) is 1. The molecule has 1 aromatic carbocycles. The topological polar surface area (TPSA) is 64.3 Å². The molecule has 4 nitrogen and oxygen atoms in total. The van der Waals surface area contributed by atoms with Crippen molar-refractivity contribution in [1.82, 2.24) is 5.32 Å². The summed E-state index contributed by atoms with van der Waals surface area (Å²) in [6.07, 6.45) is 0.511. The van der Waals surface area contributed by atoms with Crippen LogP contribution in [0.2, 0.25) is 5.02 Å². The Hall–Kier alpha value is -1.47. The number of rotatable bonds is 4. The molecular weight excluding hydrogens is 405 g/mol. The fraction of sp³-hybridized carbons (Fsp3) is 0.667. The largest absolute Gasteiger partial charge is 0.476 e. The summed E-state index contributed by atoms with van der Waals surface area (Å²) >= 11 is 6.03. The van der Waals surface area contributed by atoms with Crippen LogP contribution in [0.5, 0.6) is 5.75 Å². The Balaban J connectivity index is 1.48. The molecule has 0 saturated heterocycles. The molecule has 0 radical (unpaired) electrons. The SMILES string of the molecule is CC(C)(Oc1cc(C(F)(F)F)ccc1Cl)C(=O)N[C@H]1[C@@H]2CC3C[C@H]1C[C@](N)(C3)C2. The van der Waals surface area contributed by atoms with Gasteiger partial charge in [-0.15, -0.1) is 0 Å². The highest BCUT2D eigenvalue weighted by Crippen LogP contribution is 2.54. The van der Waals surface area contributed by atoms with Gasteiger partial charge in [-0.1, -0.05) is 11.6 Å². The van der Waals surface area contributed by atoms with Crippen molar-refractivity contribution in [1.29, 1.82) is 0 Å². The molecule has 8 heteroatoms. The molecule has 5 rings (SSSR count). The van der Waals surface area contributed by atoms with Crippen LogP contribution in [0.3, 0.4) is 0 Å². The third kappa shape index (κ3) is 3.96. The van der Waals surface area contributed by atoms with Crippen molar-refractivity contribution in [3.05, 3.63) is 28.8 Å². The Morgan fingerprint density at radius 3 is 2.38 bits per heavy atom. The van der Waals surface area contributed by atoms with Gasteiger partial charge in [-0.05, 0) is 81.9 Å². The van der Waals surface area contributed by atoms with E-state index < -0.39 is 17.3 Å². The van der Waals surface area contributed by atoms with Gasteiger partial charge in [0.1, 0.15) is 5.75 Å². The minimum absolute atomic E-state index is 0.0265. The van der Waals surface area contributed by atoms with Crippen molar-refractivity contribution in [2.45, 2.75) is 69.3 Å². The number of ether oxygens (including phenoxy) is 1. The quantitative estimate of drug-likeness (QED) is 0.737. The number of carbonyl (C=O) groups is 1. The van der Waals surface area contributed by atoms with Crippen molar-refractivity contribution < 1.29 is 22.7 Å². The molecule has 0 heterocycles. The number of carbonyl (C=O) groups excluding carboxylic acids is 1. The van der Waals surface area contributed by atoms with Crippen molar-refractivity contribution in [2.75, 3.05) is 0 Å². The summed E-state index contributed by atoms with van der Waals surface area (Å²) in [6.45, 7) is 3.08. The van der Waals surface area contributed by atoms with Gasteiger partial charge in [-0.25, -0.2) is 0 Å². The number of hydrogen-bond donors (Lipinski definition) is 2. The molecule has 4 fully saturated rings. The first-order valence-corrected chi connectivity index (χ1v) is 10.4. The first-order valence-electron chi connectivity index (χ1n) is 10.0. The molecule has 1 amide bonds. The zero-order valence-corrected chi connectivity index (χ0v) is 17.2. The van der Waals surface area contributed by atoms with Crippen LogP contribution in [-0.4, -0.2) is 23.1 Å². The number of halogens is 4. The van der Waals surface area contributed by atoms with E-state index in [4.69, 9.17) is 22.1 Å². The molecule has 29 heavy (non-hydrogen) atoms. The average Bonchev–Trinajstić information content (AvgIpc) is 2.57. The lowest BCUT2D eigenvalue weighted by molar-refractivity contribution is -0.139. The minimum atomic E-state index is -4.52. The normalized spacial score (nSPS) is 33.6. The van der Waals surface area contributed by atoms with E-state index in [0.717, 1.165) is 50.3 Å². The van der Waals surface area contributed by atoms with Crippen molar-refractivity contribution in [2.24, 2.45) is 23.5 Å². The van der Waals surface area contributed by atoms with Gasteiger partial charge >= 0.3 is 6.18 Å². The number of amides is 1. The highest BCUT2D eigenvalue weighted by Gasteiger charge is 2.54. The molecule has 0 spiro atoms. The van der Waals surface area contributed by atoms with Gasteiger partial charge < -0.3 is 15.8 Å². The Bertz CT molecular complexity index is 811. The van der Waals surface area contributed by atoms with Crippen LogP contribution < -0.4 is 15.8 Å². The van der Waals surface area contributed by atoms with Gasteiger partial charge in [-0.3, -0.25) is 4.79 Å². The van der Waals surface area contributed by atoms with Crippen LogP contribution in [0.25, 0.3) is 0 Å². The highest BCUT2D eigenvalue weighted by molar-refractivity contribution is 6.32. The van der Waals surface area contributed by atoms with E-state index >= 15 is 0 Å². The molecule has 4 bridgehead atoms. The van der Waals surface area contributed by atoms with Crippen molar-refractivity contribution in [3.63, 3.8) is 0 Å². The number of hydrogen-bond acceptors (Lipinski definition) is 3. The van der Waals surface area contributed by atoms with E-state index in [1.807, 2.05) is 0 Å². The first kappa shape index (κ1) is 20.8. The maximum atomic E-state index is 13.0. The maximum Gasteiger partial charge on any atom is 0.416 e. The summed E-state index contributed by atoms with van der Waals surface area (Å²) in [4.78, 5) is 13.0. The van der Waals surface area contributed by atoms with E-state index in [2.05, 4.69) is 5.32 Å². The Morgan fingerprint density at radius 1 is 1.21 bits per heavy atom. The third-order valence-corrected chi connectivity index (χ3v) is 7.10. The lowest BCUT2D eigenvalue weighted by Gasteiger charge is -2.59. The molecule has 0 aliphatic heterocycles. The van der Waals surface area contributed by atoms with Gasteiger partial charge in [0, 0.05) is 11.6 Å². The molecule has 4 aliphatic carbocycles. The summed E-state index contributed by atoms with van der Waals surface area (Å²) in [5.74, 6) is 0.826. The maximum absolute atomic E-state index is 13.0. The van der Waals surface area contributed by atoms with Gasteiger partial charge in [0.15, 0.2) is 5.60 Å². The van der Waals surface area contributed by atoms with Gasteiger partial charge in [0.05, 0.1) is 10.6 Å². The van der Waals surface area contributed by atoms with Crippen LogP contribution in [0, 0.1) is 17.8 Å². The van der Waals surface area contributed by atoms with Crippen LogP contribution in [0.4, 0.5) is 13.2 Å². The Labute approximate surface area is 173 Å². The second-order valence-corrected chi connectivity index (χ2v) is 9.99. The van der Waals surface area contributed by atoms with E-state index in [9.17, 15) is 18.0 Å². The second kappa shape index (κ2) is 6.77. The van der Waals surface area contributed by atoms with E-state index in [-0.39, 0.29) is 28.3 Å². The third-order valence-electron chi connectivity index (χ3n) is 6.79. The number of benzene rings is 1. The monoisotopic (exact) mass is 430 g/mol. The van der Waals surface area contributed by atoms with Crippen molar-refractivity contribution >= 4 is 17.5 Å². The Kier molecular flexibility index (Phi) is 4.85. The number of alkyl halides is 3. The summed E-state index contributed by atoms with van der Waals surface area (Å²) < 4.78 is 44.7. The van der Waals surface area contributed by atoms with E-state index in [0.29, 0.717) is 17.8 Å². The van der Waals surface area contributed by atoms with Crippen molar-refractivity contribution in [3.8, 4) is 5.75 Å². The summed E-state index contributed by atoms with van der Waals surface area (Å²) in [6, 6.07) is 2.89. The lowest BCUT2D eigenvalue weighted by Crippen LogP contribution is -2.66. The van der Waals surface area contributed by atoms with Crippen LogP contribution >= 0.6 is 11.6 Å². The van der Waals surface area contributed by atoms with Gasteiger partial charge in [0.2, 0.25) is 0 Å². The molecule has 4 aliphatic rings. The predicted molar refractivity (Wildman–Crippen MR) is 104 cm³/mol. The standard InChI is InChI=1S/C21H26ClF3N2O2/c1-19(2,29-16-7-14(21(23,24)25)3-4-15(16)22)18(28)27-17-12-5-11-6-13(17)10-20(26,8-11)9-12/h3-4,7,11-13,17H,5-6,8-10,26H2,1-2H3,(H,27,28)/t11?,12-,13+,17+,20+. The molecule has 160 valence electrons. The van der Waals surface area contributed by atoms with Gasteiger partial charge in [0.25, 0.3) is 5.91 Å². The average molecular weight is 431 g/mol. The van der Waals surface area contributed by atoms with Crippen LogP contribution in [0.1, 0.15) is 51.5 Å².